The number of alkyl halides is 3. The van der Waals surface area contributed by atoms with Crippen LogP contribution in [0.25, 0.3) is 0 Å². The van der Waals surface area contributed by atoms with Crippen molar-refractivity contribution in [1.29, 1.82) is 0 Å². The molecular weight excluding hydrogens is 267 g/mol. The van der Waals surface area contributed by atoms with Crippen LogP contribution < -0.4 is 10.5 Å². The molecule has 18 heavy (non-hydrogen) atoms. The van der Waals surface area contributed by atoms with Crippen LogP contribution in [0.4, 0.5) is 13.2 Å². The highest BCUT2D eigenvalue weighted by Crippen LogP contribution is 2.26. The number of hydrogen-bond donors (Lipinski definition) is 1. The Morgan fingerprint density at radius 3 is 2.72 bits per heavy atom. The number of nitrogens with two attached hydrogens (primary N) is 1. The van der Waals surface area contributed by atoms with E-state index in [0.717, 1.165) is 11.7 Å². The van der Waals surface area contributed by atoms with Crippen LogP contribution in [-0.4, -0.2) is 15.1 Å². The average molecular weight is 275 g/mol. The maximum atomic E-state index is 12.1. The van der Waals surface area contributed by atoms with E-state index in [4.69, 9.17) is 5.73 Å². The summed E-state index contributed by atoms with van der Waals surface area (Å²) in [4.78, 5) is 0. The number of nitrogens with zero attached hydrogens (tertiary/aromatic N) is 2. The zero-order valence-corrected chi connectivity index (χ0v) is 9.70. The summed E-state index contributed by atoms with van der Waals surface area (Å²) in [6, 6.07) is 4.87. The van der Waals surface area contributed by atoms with Gasteiger partial charge in [-0.3, -0.25) is 0 Å². The van der Waals surface area contributed by atoms with Crippen LogP contribution in [-0.2, 0) is 0 Å². The molecule has 0 saturated heterocycles. The Bertz CT molecular complexity index is 515. The quantitative estimate of drug-likeness (QED) is 0.934. The Morgan fingerprint density at radius 1 is 1.33 bits per heavy atom. The van der Waals surface area contributed by atoms with Gasteiger partial charge in [0.05, 0.1) is 29.7 Å². The maximum Gasteiger partial charge on any atom is 0.573 e. The van der Waals surface area contributed by atoms with Gasteiger partial charge in [-0.2, -0.15) is 8.75 Å². The molecule has 0 saturated carbocycles. The second-order valence-corrected chi connectivity index (χ2v) is 3.99. The highest BCUT2D eigenvalue weighted by atomic mass is 32.1. The molecule has 1 aromatic heterocycles. The molecule has 0 radical (unpaired) electrons. The van der Waals surface area contributed by atoms with Gasteiger partial charge in [-0.25, -0.2) is 0 Å². The van der Waals surface area contributed by atoms with Gasteiger partial charge in [-0.1, -0.05) is 12.1 Å². The van der Waals surface area contributed by atoms with Crippen molar-refractivity contribution in [3.63, 3.8) is 0 Å². The fourth-order valence-corrected chi connectivity index (χ4v) is 1.84. The van der Waals surface area contributed by atoms with Gasteiger partial charge in [0.15, 0.2) is 0 Å². The maximum absolute atomic E-state index is 12.1. The first-order valence-electron chi connectivity index (χ1n) is 4.84. The third-order valence-electron chi connectivity index (χ3n) is 2.15. The van der Waals surface area contributed by atoms with Crippen LogP contribution in [0.2, 0.25) is 0 Å². The van der Waals surface area contributed by atoms with Crippen molar-refractivity contribution in [3.8, 4) is 5.75 Å². The summed E-state index contributed by atoms with van der Waals surface area (Å²) < 4.78 is 47.8. The van der Waals surface area contributed by atoms with Gasteiger partial charge in [0.25, 0.3) is 0 Å². The van der Waals surface area contributed by atoms with Gasteiger partial charge >= 0.3 is 6.36 Å². The van der Waals surface area contributed by atoms with E-state index in [1.165, 1.54) is 24.4 Å². The molecule has 0 amide bonds. The van der Waals surface area contributed by atoms with Crippen LogP contribution >= 0.6 is 11.7 Å². The van der Waals surface area contributed by atoms with Crippen LogP contribution in [0.15, 0.2) is 30.5 Å². The third kappa shape index (κ3) is 3.17. The number of rotatable bonds is 3. The summed E-state index contributed by atoms with van der Waals surface area (Å²) in [5.41, 5.74) is 6.84. The number of aromatic nitrogens is 2. The molecular formula is C10H8F3N3OS. The van der Waals surface area contributed by atoms with Gasteiger partial charge in [0.1, 0.15) is 5.75 Å². The Hall–Kier alpha value is -1.67. The molecule has 0 aliphatic heterocycles. The summed E-state index contributed by atoms with van der Waals surface area (Å²) in [5.74, 6) is -0.307. The summed E-state index contributed by atoms with van der Waals surface area (Å²) in [5, 5.41) is 0. The first-order valence-corrected chi connectivity index (χ1v) is 5.57. The lowest BCUT2D eigenvalue weighted by molar-refractivity contribution is -0.274. The highest BCUT2D eigenvalue weighted by Gasteiger charge is 2.31. The highest BCUT2D eigenvalue weighted by molar-refractivity contribution is 6.99. The molecule has 8 heteroatoms. The second kappa shape index (κ2) is 4.91. The topological polar surface area (TPSA) is 61.0 Å². The summed E-state index contributed by atoms with van der Waals surface area (Å²) in [6.45, 7) is 0. The Morgan fingerprint density at radius 2 is 2.11 bits per heavy atom. The van der Waals surface area contributed by atoms with Gasteiger partial charge in [-0.05, 0) is 17.7 Å². The van der Waals surface area contributed by atoms with Crippen LogP contribution in [0.3, 0.4) is 0 Å². The molecule has 1 atom stereocenters. The molecule has 1 aromatic carbocycles. The fourth-order valence-electron chi connectivity index (χ4n) is 1.38. The molecule has 2 rings (SSSR count). The zero-order valence-electron chi connectivity index (χ0n) is 8.89. The summed E-state index contributed by atoms with van der Waals surface area (Å²) >= 11 is 0.986. The third-order valence-corrected chi connectivity index (χ3v) is 2.64. The minimum atomic E-state index is -4.72. The van der Waals surface area contributed by atoms with Crippen LogP contribution in [0.5, 0.6) is 5.75 Å². The second-order valence-electron chi connectivity index (χ2n) is 3.43. The minimum Gasteiger partial charge on any atom is -0.406 e. The fraction of sp³-hybridized carbons (Fsp3) is 0.200. The molecule has 0 fully saturated rings. The largest absolute Gasteiger partial charge is 0.573 e. The van der Waals surface area contributed by atoms with E-state index >= 15 is 0 Å². The molecule has 0 spiro atoms. The van der Waals surface area contributed by atoms with Crippen molar-refractivity contribution in [3.05, 3.63) is 41.7 Å². The SMILES string of the molecule is NC(c1cccc(OC(F)(F)F)c1)c1cnsn1. The van der Waals surface area contributed by atoms with Crippen molar-refractivity contribution < 1.29 is 17.9 Å². The van der Waals surface area contributed by atoms with Crippen molar-refractivity contribution in [2.75, 3.05) is 0 Å². The summed E-state index contributed by atoms with van der Waals surface area (Å²) in [6.07, 6.45) is -3.24. The molecule has 0 aliphatic rings. The zero-order chi connectivity index (χ0) is 13.2. The predicted molar refractivity (Wildman–Crippen MR) is 59.1 cm³/mol. The number of hydrogen-bond acceptors (Lipinski definition) is 5. The lowest BCUT2D eigenvalue weighted by Crippen LogP contribution is -2.18. The first kappa shape index (κ1) is 12.8. The minimum absolute atomic E-state index is 0.307. The van der Waals surface area contributed by atoms with Gasteiger partial charge in [-0.15, -0.1) is 13.2 Å². The van der Waals surface area contributed by atoms with E-state index in [9.17, 15) is 13.2 Å². The predicted octanol–water partition coefficient (Wildman–Crippen LogP) is 2.48. The summed E-state index contributed by atoms with van der Waals surface area (Å²) in [7, 11) is 0. The van der Waals surface area contributed by atoms with E-state index in [0.29, 0.717) is 11.3 Å². The number of halogens is 3. The van der Waals surface area contributed by atoms with E-state index in [-0.39, 0.29) is 5.75 Å². The Kier molecular flexibility index (Phi) is 3.48. The van der Waals surface area contributed by atoms with Crippen molar-refractivity contribution in [2.45, 2.75) is 12.4 Å². The molecule has 0 bridgehead atoms. The van der Waals surface area contributed by atoms with Crippen molar-refractivity contribution >= 4 is 11.7 Å². The van der Waals surface area contributed by atoms with Gasteiger partial charge in [0.2, 0.25) is 0 Å². The molecule has 1 unspecified atom stereocenters. The number of benzene rings is 1. The first-order chi connectivity index (χ1) is 8.46. The molecule has 0 aliphatic carbocycles. The Balaban J connectivity index is 2.22. The normalized spacial score (nSPS) is 13.3. The van der Waals surface area contributed by atoms with Crippen LogP contribution in [0.1, 0.15) is 17.3 Å². The van der Waals surface area contributed by atoms with E-state index in [1.54, 1.807) is 6.07 Å². The van der Waals surface area contributed by atoms with E-state index in [1.807, 2.05) is 0 Å². The monoisotopic (exact) mass is 275 g/mol. The molecule has 4 nitrogen and oxygen atoms in total. The number of ether oxygens (including phenoxy) is 1. The molecule has 2 N–H and O–H groups in total. The smallest absolute Gasteiger partial charge is 0.406 e. The van der Waals surface area contributed by atoms with Gasteiger partial charge in [0, 0.05) is 0 Å². The standard InChI is InChI=1S/C10H8F3N3OS/c11-10(12,13)17-7-3-1-2-6(4-7)9(14)8-5-15-18-16-8/h1-5,9H,14H2. The van der Waals surface area contributed by atoms with E-state index in [2.05, 4.69) is 13.5 Å². The van der Waals surface area contributed by atoms with E-state index < -0.39 is 12.4 Å². The van der Waals surface area contributed by atoms with Gasteiger partial charge < -0.3 is 10.5 Å². The average Bonchev–Trinajstić information content (AvgIpc) is 2.79. The lowest BCUT2D eigenvalue weighted by Gasteiger charge is -2.12. The molecule has 1 heterocycles. The van der Waals surface area contributed by atoms with Crippen molar-refractivity contribution in [1.82, 2.24) is 8.75 Å². The lowest BCUT2D eigenvalue weighted by atomic mass is 10.1. The van der Waals surface area contributed by atoms with Crippen molar-refractivity contribution in [2.24, 2.45) is 5.73 Å². The molecule has 96 valence electrons. The molecule has 2 aromatic rings. The van der Waals surface area contributed by atoms with Crippen LogP contribution in [0, 0.1) is 0 Å². The Labute approximate surface area is 105 Å².